The van der Waals surface area contributed by atoms with Crippen molar-refractivity contribution < 1.29 is 0 Å². The van der Waals surface area contributed by atoms with Gasteiger partial charge in [-0.3, -0.25) is 4.98 Å². The third-order valence-electron chi connectivity index (χ3n) is 5.44. The van der Waals surface area contributed by atoms with Crippen LogP contribution in [-0.4, -0.2) is 9.97 Å². The van der Waals surface area contributed by atoms with Crippen molar-refractivity contribution in [2.24, 2.45) is 0 Å². The third-order valence-corrected chi connectivity index (χ3v) is 5.44. The number of rotatable bonds is 0. The average Bonchev–Trinajstić information content (AvgIpc) is 2.59. The predicted octanol–water partition coefficient (Wildman–Crippen LogP) is 5.40. The molecule has 2 nitrogen and oxygen atoms in total. The van der Waals surface area contributed by atoms with Crippen LogP contribution in [0.4, 0.5) is 0 Å². The monoisotopic (exact) mass is 310 g/mol. The van der Waals surface area contributed by atoms with Crippen molar-refractivity contribution in [1.29, 1.82) is 0 Å². The van der Waals surface area contributed by atoms with E-state index < -0.39 is 0 Å². The highest BCUT2D eigenvalue weighted by atomic mass is 14.8. The fraction of sp³-hybridized carbons (Fsp3) is 0.182. The van der Waals surface area contributed by atoms with Gasteiger partial charge in [-0.25, -0.2) is 4.98 Å². The molecule has 1 aliphatic rings. The molecular weight excluding hydrogens is 292 g/mol. The van der Waals surface area contributed by atoms with Gasteiger partial charge in [0.1, 0.15) is 0 Å². The van der Waals surface area contributed by atoms with Crippen LogP contribution in [0.1, 0.15) is 30.5 Å². The molecule has 0 spiro atoms. The molecule has 0 aliphatic heterocycles. The van der Waals surface area contributed by atoms with Crippen molar-refractivity contribution >= 4 is 21.8 Å². The maximum Gasteiger partial charge on any atom is 0.0919 e. The number of benzene rings is 2. The lowest BCUT2D eigenvalue weighted by molar-refractivity contribution is 0.638. The Kier molecular flexibility index (Phi) is 2.52. The molecule has 0 amide bonds. The maximum absolute atomic E-state index is 5.03. The van der Waals surface area contributed by atoms with Crippen LogP contribution in [0.15, 0.2) is 54.7 Å². The molecule has 0 radical (unpaired) electrons. The van der Waals surface area contributed by atoms with E-state index in [1.165, 1.54) is 33.0 Å². The summed E-state index contributed by atoms with van der Waals surface area (Å²) in [4.78, 5) is 9.63. The summed E-state index contributed by atoms with van der Waals surface area (Å²) in [5.41, 5.74) is 8.17. The highest BCUT2D eigenvalue weighted by Crippen LogP contribution is 2.49. The first-order chi connectivity index (χ1) is 11.6. The van der Waals surface area contributed by atoms with E-state index in [0.29, 0.717) is 0 Å². The van der Waals surface area contributed by atoms with Gasteiger partial charge in [0.2, 0.25) is 0 Å². The first kappa shape index (κ1) is 13.7. The van der Waals surface area contributed by atoms with E-state index in [2.05, 4.69) is 68.2 Å². The van der Waals surface area contributed by atoms with Gasteiger partial charge in [0.25, 0.3) is 0 Å². The van der Waals surface area contributed by atoms with Gasteiger partial charge in [-0.15, -0.1) is 0 Å². The lowest BCUT2D eigenvalue weighted by Gasteiger charge is -2.36. The summed E-state index contributed by atoms with van der Waals surface area (Å²) in [7, 11) is 0. The van der Waals surface area contributed by atoms with Crippen molar-refractivity contribution in [3.63, 3.8) is 0 Å². The number of aryl methyl sites for hydroxylation is 1. The summed E-state index contributed by atoms with van der Waals surface area (Å²) in [5.74, 6) is 0. The molecule has 0 bridgehead atoms. The minimum absolute atomic E-state index is 0.0913. The second kappa shape index (κ2) is 4.41. The van der Waals surface area contributed by atoms with Gasteiger partial charge in [0.05, 0.1) is 16.7 Å². The molecule has 0 N–H and O–H groups in total. The van der Waals surface area contributed by atoms with Gasteiger partial charge in [-0.2, -0.15) is 0 Å². The Morgan fingerprint density at radius 1 is 0.917 bits per heavy atom. The highest BCUT2D eigenvalue weighted by molar-refractivity contribution is 6.04. The molecule has 24 heavy (non-hydrogen) atoms. The molecule has 2 heterocycles. The molecule has 2 aromatic carbocycles. The summed E-state index contributed by atoms with van der Waals surface area (Å²) in [5, 5.41) is 2.63. The molecule has 2 heteroatoms. The van der Waals surface area contributed by atoms with E-state index in [9.17, 15) is 0 Å². The molecule has 116 valence electrons. The van der Waals surface area contributed by atoms with Crippen LogP contribution in [0, 0.1) is 6.92 Å². The highest BCUT2D eigenvalue weighted by Gasteiger charge is 2.36. The average molecular weight is 310 g/mol. The summed E-state index contributed by atoms with van der Waals surface area (Å²) < 4.78 is 0. The van der Waals surface area contributed by atoms with E-state index >= 15 is 0 Å². The molecule has 5 rings (SSSR count). The van der Waals surface area contributed by atoms with Gasteiger partial charge in [-0.1, -0.05) is 50.2 Å². The maximum atomic E-state index is 5.03. The molecule has 0 fully saturated rings. The molecule has 0 unspecified atom stereocenters. The Labute approximate surface area is 141 Å². The van der Waals surface area contributed by atoms with E-state index in [0.717, 1.165) is 16.7 Å². The quantitative estimate of drug-likeness (QED) is 0.435. The molecule has 4 aromatic rings. The second-order valence-corrected chi connectivity index (χ2v) is 7.17. The van der Waals surface area contributed by atoms with Crippen LogP contribution >= 0.6 is 0 Å². The van der Waals surface area contributed by atoms with Crippen LogP contribution in [0.2, 0.25) is 0 Å². The van der Waals surface area contributed by atoms with Gasteiger partial charge >= 0.3 is 0 Å². The molecule has 1 aliphatic carbocycles. The number of hydrogen-bond donors (Lipinski definition) is 0. The van der Waals surface area contributed by atoms with Crippen LogP contribution in [0.3, 0.4) is 0 Å². The SMILES string of the molecule is Cc1c2c(nc3cccnc13)-c1cccc3cccc(c13)C2(C)C. The number of aromatic nitrogens is 2. The number of fused-ring (bicyclic) bond motifs is 3. The molecule has 0 atom stereocenters. The van der Waals surface area contributed by atoms with E-state index in [1.54, 1.807) is 0 Å². The Balaban J connectivity index is 2.06. The Morgan fingerprint density at radius 3 is 2.54 bits per heavy atom. The van der Waals surface area contributed by atoms with Crippen LogP contribution < -0.4 is 0 Å². The standard InChI is InChI=1S/C22H18N2/c1-13-19-21(24-17-11-6-12-23-20(13)17)15-9-4-7-14-8-5-10-16(18(14)15)22(19,2)3/h4-12H,1-3H3. The van der Waals surface area contributed by atoms with Crippen molar-refractivity contribution in [2.75, 3.05) is 0 Å². The van der Waals surface area contributed by atoms with Crippen molar-refractivity contribution in [1.82, 2.24) is 9.97 Å². The van der Waals surface area contributed by atoms with Crippen LogP contribution in [-0.2, 0) is 5.41 Å². The van der Waals surface area contributed by atoms with E-state index in [1.807, 2.05) is 12.3 Å². The second-order valence-electron chi connectivity index (χ2n) is 7.17. The molecule has 2 aromatic heterocycles. The van der Waals surface area contributed by atoms with E-state index in [4.69, 9.17) is 4.98 Å². The third kappa shape index (κ3) is 1.56. The molecule has 0 saturated carbocycles. The number of pyridine rings is 2. The van der Waals surface area contributed by atoms with Gasteiger partial charge in [-0.05, 0) is 46.5 Å². The first-order valence-corrected chi connectivity index (χ1v) is 8.37. The summed E-state index contributed by atoms with van der Waals surface area (Å²) >= 11 is 0. The summed E-state index contributed by atoms with van der Waals surface area (Å²) in [6.45, 7) is 6.80. The fourth-order valence-electron chi connectivity index (χ4n) is 4.40. The Hall–Kier alpha value is -2.74. The zero-order valence-electron chi connectivity index (χ0n) is 14.1. The predicted molar refractivity (Wildman–Crippen MR) is 99.3 cm³/mol. The Bertz CT molecular complexity index is 1130. The fourth-order valence-corrected chi connectivity index (χ4v) is 4.40. The summed E-state index contributed by atoms with van der Waals surface area (Å²) in [6, 6.07) is 17.2. The van der Waals surface area contributed by atoms with Crippen molar-refractivity contribution in [3.8, 4) is 11.3 Å². The van der Waals surface area contributed by atoms with Gasteiger partial charge in [0.15, 0.2) is 0 Å². The van der Waals surface area contributed by atoms with Crippen LogP contribution in [0.5, 0.6) is 0 Å². The topological polar surface area (TPSA) is 25.8 Å². The largest absolute Gasteiger partial charge is 0.254 e. The lowest BCUT2D eigenvalue weighted by Crippen LogP contribution is -2.26. The number of hydrogen-bond acceptors (Lipinski definition) is 2. The molecular formula is C22H18N2. The smallest absolute Gasteiger partial charge is 0.0919 e. The van der Waals surface area contributed by atoms with E-state index in [-0.39, 0.29) is 5.41 Å². The van der Waals surface area contributed by atoms with Gasteiger partial charge < -0.3 is 0 Å². The normalized spacial score (nSPS) is 14.8. The van der Waals surface area contributed by atoms with Crippen molar-refractivity contribution in [3.05, 3.63) is 71.4 Å². The van der Waals surface area contributed by atoms with Gasteiger partial charge in [0, 0.05) is 17.2 Å². The minimum Gasteiger partial charge on any atom is -0.254 e. The van der Waals surface area contributed by atoms with Crippen molar-refractivity contribution in [2.45, 2.75) is 26.2 Å². The van der Waals surface area contributed by atoms with Crippen LogP contribution in [0.25, 0.3) is 33.1 Å². The summed E-state index contributed by atoms with van der Waals surface area (Å²) in [6.07, 6.45) is 1.86. The zero-order valence-corrected chi connectivity index (χ0v) is 14.1. The number of nitrogens with zero attached hydrogens (tertiary/aromatic N) is 2. The Morgan fingerprint density at radius 2 is 1.71 bits per heavy atom. The zero-order chi connectivity index (χ0) is 16.5. The minimum atomic E-state index is -0.0913. The first-order valence-electron chi connectivity index (χ1n) is 8.37. The lowest BCUT2D eigenvalue weighted by atomic mass is 9.68. The molecule has 0 saturated heterocycles.